The van der Waals surface area contributed by atoms with E-state index in [0.29, 0.717) is 5.70 Å². The van der Waals surface area contributed by atoms with Gasteiger partial charge in [-0.3, -0.25) is 4.79 Å². The van der Waals surface area contributed by atoms with Crippen molar-refractivity contribution in [2.24, 2.45) is 0 Å². The Bertz CT molecular complexity index is 268. The van der Waals surface area contributed by atoms with Crippen LogP contribution in [0.3, 0.4) is 0 Å². The molecule has 0 aromatic rings. The van der Waals surface area contributed by atoms with Gasteiger partial charge in [0.2, 0.25) is 5.91 Å². The van der Waals surface area contributed by atoms with Crippen molar-refractivity contribution in [3.63, 3.8) is 0 Å². The van der Waals surface area contributed by atoms with Crippen LogP contribution in [-0.4, -0.2) is 5.91 Å². The van der Waals surface area contributed by atoms with Crippen LogP contribution in [0.1, 0.15) is 6.92 Å². The quantitative estimate of drug-likeness (QED) is 0.489. The number of hydrogen-bond acceptors (Lipinski definition) is 2. The number of nitriles is 1. The van der Waals surface area contributed by atoms with Crippen molar-refractivity contribution >= 4 is 5.91 Å². The molecule has 0 radical (unpaired) electrons. The molecule has 0 aliphatic carbocycles. The van der Waals surface area contributed by atoms with E-state index in [2.05, 4.69) is 5.32 Å². The third kappa shape index (κ3) is 1.06. The molecule has 1 heterocycles. The van der Waals surface area contributed by atoms with Crippen LogP contribution in [0.25, 0.3) is 0 Å². The number of rotatable bonds is 0. The lowest BCUT2D eigenvalue weighted by molar-refractivity contribution is -0.115. The molecule has 0 saturated heterocycles. The molecule has 1 aliphatic heterocycles. The van der Waals surface area contributed by atoms with Crippen molar-refractivity contribution in [3.05, 3.63) is 23.4 Å². The minimum Gasteiger partial charge on any atom is -0.322 e. The topological polar surface area (TPSA) is 52.9 Å². The standard InChI is InChI=1S/C7H6N2O/c1-5-4-7(10)9-6(5)2-3-8/h2,4H,1H3,(H,9,10)/b6-2+. The fourth-order valence-corrected chi connectivity index (χ4v) is 0.756. The molecule has 1 N–H and O–H groups in total. The Balaban J connectivity index is 2.90. The first-order valence-corrected chi connectivity index (χ1v) is 2.83. The molecule has 0 saturated carbocycles. The third-order valence-electron chi connectivity index (χ3n) is 1.24. The summed E-state index contributed by atoms with van der Waals surface area (Å²) in [6, 6.07) is 1.84. The Labute approximate surface area is 58.6 Å². The molecular formula is C7H6N2O. The highest BCUT2D eigenvalue weighted by molar-refractivity contribution is 5.94. The highest BCUT2D eigenvalue weighted by atomic mass is 16.1. The number of nitrogens with one attached hydrogen (secondary N) is 1. The number of nitrogens with zero attached hydrogens (tertiary/aromatic N) is 1. The minimum absolute atomic E-state index is 0.154. The third-order valence-corrected chi connectivity index (χ3v) is 1.24. The Morgan fingerprint density at radius 3 is 2.90 bits per heavy atom. The lowest BCUT2D eigenvalue weighted by Gasteiger charge is -1.94. The van der Waals surface area contributed by atoms with Gasteiger partial charge >= 0.3 is 0 Å². The van der Waals surface area contributed by atoms with E-state index < -0.39 is 0 Å². The molecule has 50 valence electrons. The zero-order valence-electron chi connectivity index (χ0n) is 5.51. The number of hydrogen-bond donors (Lipinski definition) is 1. The maximum Gasteiger partial charge on any atom is 0.248 e. The van der Waals surface area contributed by atoms with Crippen molar-refractivity contribution in [1.29, 1.82) is 5.26 Å². The van der Waals surface area contributed by atoms with Crippen LogP contribution in [0.2, 0.25) is 0 Å². The van der Waals surface area contributed by atoms with E-state index in [0.717, 1.165) is 5.57 Å². The fourth-order valence-electron chi connectivity index (χ4n) is 0.756. The number of amides is 1. The maximum atomic E-state index is 10.6. The smallest absolute Gasteiger partial charge is 0.248 e. The molecular weight excluding hydrogens is 128 g/mol. The average Bonchev–Trinajstić information content (AvgIpc) is 2.13. The predicted molar refractivity (Wildman–Crippen MR) is 35.6 cm³/mol. The fraction of sp³-hybridized carbons (Fsp3) is 0.143. The van der Waals surface area contributed by atoms with Crippen LogP contribution in [0.4, 0.5) is 0 Å². The molecule has 1 aliphatic rings. The van der Waals surface area contributed by atoms with Gasteiger partial charge in [-0.25, -0.2) is 0 Å². The second kappa shape index (κ2) is 2.36. The van der Waals surface area contributed by atoms with Gasteiger partial charge in [0, 0.05) is 12.2 Å². The second-order valence-corrected chi connectivity index (χ2v) is 2.00. The van der Waals surface area contributed by atoms with Gasteiger partial charge < -0.3 is 5.32 Å². The minimum atomic E-state index is -0.154. The van der Waals surface area contributed by atoms with Crippen molar-refractivity contribution < 1.29 is 4.79 Å². The highest BCUT2D eigenvalue weighted by Gasteiger charge is 2.11. The van der Waals surface area contributed by atoms with Crippen LogP contribution >= 0.6 is 0 Å². The van der Waals surface area contributed by atoms with Crippen LogP contribution in [0.5, 0.6) is 0 Å². The largest absolute Gasteiger partial charge is 0.322 e. The van der Waals surface area contributed by atoms with E-state index in [1.807, 2.05) is 6.07 Å². The van der Waals surface area contributed by atoms with Gasteiger partial charge in [-0.15, -0.1) is 0 Å². The highest BCUT2D eigenvalue weighted by Crippen LogP contribution is 2.10. The molecule has 10 heavy (non-hydrogen) atoms. The maximum absolute atomic E-state index is 10.6. The summed E-state index contributed by atoms with van der Waals surface area (Å²) >= 11 is 0. The molecule has 3 nitrogen and oxygen atoms in total. The normalized spacial score (nSPS) is 20.2. The Morgan fingerprint density at radius 1 is 1.80 bits per heavy atom. The first kappa shape index (κ1) is 6.56. The van der Waals surface area contributed by atoms with E-state index in [1.165, 1.54) is 12.2 Å². The van der Waals surface area contributed by atoms with Crippen LogP contribution in [0, 0.1) is 11.3 Å². The molecule has 3 heteroatoms. The van der Waals surface area contributed by atoms with E-state index in [1.54, 1.807) is 6.92 Å². The molecule has 0 aromatic carbocycles. The first-order valence-electron chi connectivity index (χ1n) is 2.83. The molecule has 1 rings (SSSR count). The molecule has 0 unspecified atom stereocenters. The second-order valence-electron chi connectivity index (χ2n) is 2.00. The molecule has 0 aromatic heterocycles. The van der Waals surface area contributed by atoms with Crippen LogP contribution in [-0.2, 0) is 4.79 Å². The number of allylic oxidation sites excluding steroid dienone is 2. The SMILES string of the molecule is CC1=CC(=O)N/C1=C/C#N. The molecule has 0 fully saturated rings. The van der Waals surface area contributed by atoms with E-state index in [9.17, 15) is 4.79 Å². The molecule has 1 amide bonds. The zero-order chi connectivity index (χ0) is 7.56. The van der Waals surface area contributed by atoms with Gasteiger partial charge in [0.1, 0.15) is 0 Å². The predicted octanol–water partition coefficient (Wildman–Crippen LogP) is 0.470. The van der Waals surface area contributed by atoms with Gasteiger partial charge in [-0.2, -0.15) is 5.26 Å². The monoisotopic (exact) mass is 134 g/mol. The Hall–Kier alpha value is -1.56. The Kier molecular flexibility index (Phi) is 1.55. The van der Waals surface area contributed by atoms with E-state index in [-0.39, 0.29) is 5.91 Å². The van der Waals surface area contributed by atoms with Crippen molar-refractivity contribution in [1.82, 2.24) is 5.32 Å². The lowest BCUT2D eigenvalue weighted by Crippen LogP contribution is -2.13. The summed E-state index contributed by atoms with van der Waals surface area (Å²) in [4.78, 5) is 10.6. The molecule has 0 bridgehead atoms. The van der Waals surface area contributed by atoms with Crippen molar-refractivity contribution in [2.45, 2.75) is 6.92 Å². The van der Waals surface area contributed by atoms with Gasteiger partial charge in [0.25, 0.3) is 0 Å². The van der Waals surface area contributed by atoms with Crippen molar-refractivity contribution in [3.8, 4) is 6.07 Å². The summed E-state index contributed by atoms with van der Waals surface area (Å²) < 4.78 is 0. The van der Waals surface area contributed by atoms with E-state index in [4.69, 9.17) is 5.26 Å². The van der Waals surface area contributed by atoms with Crippen LogP contribution < -0.4 is 5.32 Å². The first-order chi connectivity index (χ1) is 4.74. The average molecular weight is 134 g/mol. The van der Waals surface area contributed by atoms with Gasteiger partial charge in [-0.05, 0) is 12.5 Å². The summed E-state index contributed by atoms with van der Waals surface area (Å²) in [7, 11) is 0. The summed E-state index contributed by atoms with van der Waals surface area (Å²) in [5, 5.41) is 10.7. The molecule has 0 atom stereocenters. The van der Waals surface area contributed by atoms with Crippen LogP contribution in [0.15, 0.2) is 23.4 Å². The molecule has 0 spiro atoms. The van der Waals surface area contributed by atoms with Gasteiger partial charge in [0.05, 0.1) is 11.8 Å². The summed E-state index contributed by atoms with van der Waals surface area (Å²) in [6.07, 6.45) is 2.78. The van der Waals surface area contributed by atoms with Gasteiger partial charge in [0.15, 0.2) is 0 Å². The number of carbonyl (C=O) groups excluding carboxylic acids is 1. The number of carbonyl (C=O) groups is 1. The Morgan fingerprint density at radius 2 is 2.50 bits per heavy atom. The lowest BCUT2D eigenvalue weighted by atomic mass is 10.2. The summed E-state index contributed by atoms with van der Waals surface area (Å²) in [6.45, 7) is 1.78. The zero-order valence-corrected chi connectivity index (χ0v) is 5.51. The van der Waals surface area contributed by atoms with Gasteiger partial charge in [-0.1, -0.05) is 0 Å². The van der Waals surface area contributed by atoms with Crippen molar-refractivity contribution in [2.75, 3.05) is 0 Å². The summed E-state index contributed by atoms with van der Waals surface area (Å²) in [5.74, 6) is -0.154. The summed E-state index contributed by atoms with van der Waals surface area (Å²) in [5.41, 5.74) is 1.42. The van der Waals surface area contributed by atoms with E-state index >= 15 is 0 Å².